The zero-order valence-corrected chi connectivity index (χ0v) is 25.2. The summed E-state index contributed by atoms with van der Waals surface area (Å²) in [5.74, 6) is -1.10. The highest BCUT2D eigenvalue weighted by atomic mass is 35.5. The van der Waals surface area contributed by atoms with Gasteiger partial charge in [-0.15, -0.1) is 0 Å². The van der Waals surface area contributed by atoms with Crippen LogP contribution in [0.4, 0.5) is 24.5 Å². The molecule has 5 rings (SSSR count). The first-order chi connectivity index (χ1) is 20.9. The van der Waals surface area contributed by atoms with Gasteiger partial charge in [0.05, 0.1) is 22.2 Å². The SMILES string of the molecule is COCc1nc2c(C(=O)Nc3cccc(Cl)c3C)cc(NC(=O)c3ccccc3C(F)(F)F)cc2[nH]1.Cc1ccc(C)cc1. The molecule has 0 aliphatic rings. The van der Waals surface area contributed by atoms with Crippen LogP contribution in [0.3, 0.4) is 0 Å². The summed E-state index contributed by atoms with van der Waals surface area (Å²) in [5, 5.41) is 5.70. The number of hydrogen-bond donors (Lipinski definition) is 3. The lowest BCUT2D eigenvalue weighted by atomic mass is 10.1. The molecule has 0 saturated heterocycles. The van der Waals surface area contributed by atoms with Gasteiger partial charge in [-0.25, -0.2) is 4.98 Å². The first kappa shape index (κ1) is 32.2. The maximum Gasteiger partial charge on any atom is 0.417 e. The van der Waals surface area contributed by atoms with Crippen LogP contribution in [0.5, 0.6) is 0 Å². The minimum absolute atomic E-state index is 0.0879. The van der Waals surface area contributed by atoms with E-state index in [0.29, 0.717) is 33.1 Å². The van der Waals surface area contributed by atoms with Crippen LogP contribution < -0.4 is 10.6 Å². The van der Waals surface area contributed by atoms with Crippen molar-refractivity contribution in [2.45, 2.75) is 33.6 Å². The number of imidazole rings is 1. The van der Waals surface area contributed by atoms with E-state index in [1.165, 1.54) is 42.5 Å². The molecule has 0 saturated carbocycles. The second kappa shape index (κ2) is 13.7. The van der Waals surface area contributed by atoms with E-state index in [4.69, 9.17) is 16.3 Å². The second-order valence-corrected chi connectivity index (χ2v) is 10.5. The summed E-state index contributed by atoms with van der Waals surface area (Å²) in [4.78, 5) is 33.5. The number of rotatable bonds is 6. The Morgan fingerprint density at radius 1 is 0.864 bits per heavy atom. The number of H-pyrrole nitrogens is 1. The molecule has 11 heteroatoms. The average Bonchev–Trinajstić information content (AvgIpc) is 3.39. The predicted octanol–water partition coefficient (Wildman–Crippen LogP) is 8.50. The zero-order valence-electron chi connectivity index (χ0n) is 24.4. The van der Waals surface area contributed by atoms with Crippen LogP contribution >= 0.6 is 11.6 Å². The van der Waals surface area contributed by atoms with Crippen molar-refractivity contribution in [3.8, 4) is 0 Å². The smallest absolute Gasteiger partial charge is 0.377 e. The average molecular weight is 623 g/mol. The number of alkyl halides is 3. The first-order valence-corrected chi connectivity index (χ1v) is 13.8. The number of nitrogens with one attached hydrogen (secondary N) is 3. The number of halogens is 4. The molecule has 0 aliphatic carbocycles. The van der Waals surface area contributed by atoms with Gasteiger partial charge in [0.25, 0.3) is 11.8 Å². The minimum Gasteiger partial charge on any atom is -0.377 e. The lowest BCUT2D eigenvalue weighted by Gasteiger charge is -2.14. The Kier molecular flexibility index (Phi) is 10.1. The van der Waals surface area contributed by atoms with Crippen molar-refractivity contribution >= 4 is 45.8 Å². The van der Waals surface area contributed by atoms with Crippen LogP contribution in [0.1, 0.15) is 48.8 Å². The minimum atomic E-state index is -4.71. The van der Waals surface area contributed by atoms with Gasteiger partial charge in [0.2, 0.25) is 0 Å². The number of fused-ring (bicyclic) bond motifs is 1. The maximum atomic E-state index is 13.4. The summed E-state index contributed by atoms with van der Waals surface area (Å²) < 4.78 is 45.3. The molecular weight excluding hydrogens is 593 g/mol. The molecule has 0 atom stereocenters. The molecule has 0 radical (unpaired) electrons. The summed E-state index contributed by atoms with van der Waals surface area (Å²) in [5.41, 5.74) is 3.05. The quantitative estimate of drug-likeness (QED) is 0.177. The normalized spacial score (nSPS) is 11.1. The van der Waals surface area contributed by atoms with Crippen molar-refractivity contribution in [2.75, 3.05) is 17.7 Å². The molecule has 2 amide bonds. The van der Waals surface area contributed by atoms with Gasteiger partial charge in [0.15, 0.2) is 0 Å². The van der Waals surface area contributed by atoms with Crippen molar-refractivity contribution < 1.29 is 27.5 Å². The highest BCUT2D eigenvalue weighted by Gasteiger charge is 2.35. The predicted molar refractivity (Wildman–Crippen MR) is 166 cm³/mol. The number of amides is 2. The molecule has 0 bridgehead atoms. The molecule has 0 spiro atoms. The molecule has 1 aromatic heterocycles. The number of nitrogens with zero attached hydrogens (tertiary/aromatic N) is 1. The van der Waals surface area contributed by atoms with Gasteiger partial charge in [-0.3, -0.25) is 9.59 Å². The summed E-state index contributed by atoms with van der Waals surface area (Å²) in [6.45, 7) is 6.07. The zero-order chi connectivity index (χ0) is 32.0. The maximum absolute atomic E-state index is 13.4. The number of methoxy groups -OCH3 is 1. The second-order valence-electron chi connectivity index (χ2n) is 10.1. The highest BCUT2D eigenvalue weighted by molar-refractivity contribution is 6.31. The van der Waals surface area contributed by atoms with Gasteiger partial charge in [-0.1, -0.05) is 65.2 Å². The van der Waals surface area contributed by atoms with Crippen LogP contribution in [0.15, 0.2) is 78.9 Å². The highest BCUT2D eigenvalue weighted by Crippen LogP contribution is 2.33. The van der Waals surface area contributed by atoms with E-state index in [9.17, 15) is 22.8 Å². The summed E-state index contributed by atoms with van der Waals surface area (Å²) in [7, 11) is 1.48. The van der Waals surface area contributed by atoms with Gasteiger partial charge in [-0.05, 0) is 62.7 Å². The van der Waals surface area contributed by atoms with E-state index in [1.807, 2.05) is 0 Å². The molecule has 3 N–H and O–H groups in total. The van der Waals surface area contributed by atoms with E-state index < -0.39 is 29.1 Å². The molecule has 0 unspecified atom stereocenters. The molecule has 4 aromatic carbocycles. The fourth-order valence-electron chi connectivity index (χ4n) is 4.32. The van der Waals surface area contributed by atoms with Crippen LogP contribution in [-0.2, 0) is 17.5 Å². The topological polar surface area (TPSA) is 96.1 Å². The summed E-state index contributed by atoms with van der Waals surface area (Å²) in [6.07, 6.45) is -4.71. The first-order valence-electron chi connectivity index (χ1n) is 13.5. The van der Waals surface area contributed by atoms with Gasteiger partial charge < -0.3 is 20.4 Å². The molecular formula is C33H30ClF3N4O3. The van der Waals surface area contributed by atoms with E-state index in [0.717, 1.165) is 12.1 Å². The van der Waals surface area contributed by atoms with Crippen molar-refractivity contribution in [2.24, 2.45) is 0 Å². The van der Waals surface area contributed by atoms with Gasteiger partial charge in [-0.2, -0.15) is 13.2 Å². The van der Waals surface area contributed by atoms with Crippen molar-refractivity contribution in [3.63, 3.8) is 0 Å². The van der Waals surface area contributed by atoms with Crippen molar-refractivity contribution in [1.29, 1.82) is 0 Å². The number of hydrogen-bond acceptors (Lipinski definition) is 4. The molecule has 228 valence electrons. The van der Waals surface area contributed by atoms with Crippen LogP contribution in [-0.4, -0.2) is 28.9 Å². The number of anilines is 2. The number of aromatic amines is 1. The third-order valence-electron chi connectivity index (χ3n) is 6.63. The van der Waals surface area contributed by atoms with E-state index in [-0.39, 0.29) is 17.9 Å². The number of ether oxygens (including phenoxy) is 1. The molecule has 0 fully saturated rings. The molecule has 5 aromatic rings. The van der Waals surface area contributed by atoms with Crippen molar-refractivity contribution in [1.82, 2.24) is 9.97 Å². The number of carbonyl (C=O) groups excluding carboxylic acids is 2. The largest absolute Gasteiger partial charge is 0.417 e. The molecule has 1 heterocycles. The fourth-order valence-corrected chi connectivity index (χ4v) is 4.49. The fraction of sp³-hybridized carbons (Fsp3) is 0.182. The number of aryl methyl sites for hydroxylation is 2. The van der Waals surface area contributed by atoms with Crippen LogP contribution in [0.25, 0.3) is 11.0 Å². The number of benzene rings is 4. The van der Waals surface area contributed by atoms with Crippen LogP contribution in [0, 0.1) is 20.8 Å². The summed E-state index contributed by atoms with van der Waals surface area (Å²) >= 11 is 6.15. The van der Waals surface area contributed by atoms with Crippen molar-refractivity contribution in [3.05, 3.63) is 123 Å². The Morgan fingerprint density at radius 3 is 2.14 bits per heavy atom. The Hall–Kier alpha value is -4.67. The van der Waals surface area contributed by atoms with Gasteiger partial charge in [0.1, 0.15) is 17.9 Å². The molecule has 7 nitrogen and oxygen atoms in total. The van der Waals surface area contributed by atoms with Gasteiger partial charge >= 0.3 is 6.18 Å². The Bertz CT molecular complexity index is 1780. The Balaban J connectivity index is 0.000000479. The standard InChI is InChI=1S/C25H20ClF3N4O3.C8H10/c1-13-18(26)8-5-9-19(13)32-24(35)16-10-14(11-20-22(16)33-21(31-20)12-36-2)30-23(34)15-6-3-4-7-17(15)25(27,28)29;1-7-3-5-8(2)6-4-7/h3-11H,12H2,1-2H3,(H,30,34)(H,31,33)(H,32,35);3-6H,1-2H3. The van der Waals surface area contributed by atoms with Crippen LogP contribution in [0.2, 0.25) is 5.02 Å². The lowest BCUT2D eigenvalue weighted by molar-refractivity contribution is -0.137. The van der Waals surface area contributed by atoms with E-state index in [1.54, 1.807) is 25.1 Å². The lowest BCUT2D eigenvalue weighted by Crippen LogP contribution is -2.19. The monoisotopic (exact) mass is 622 g/mol. The number of aromatic nitrogens is 2. The molecule has 44 heavy (non-hydrogen) atoms. The Morgan fingerprint density at radius 2 is 1.50 bits per heavy atom. The van der Waals surface area contributed by atoms with Gasteiger partial charge in [0, 0.05) is 23.5 Å². The van der Waals surface area contributed by atoms with E-state index >= 15 is 0 Å². The number of carbonyl (C=O) groups is 2. The third-order valence-corrected chi connectivity index (χ3v) is 7.04. The summed E-state index contributed by atoms with van der Waals surface area (Å²) in [6, 6.07) is 20.8. The van der Waals surface area contributed by atoms with E-state index in [2.05, 4.69) is 58.7 Å². The third kappa shape index (κ3) is 7.83. The molecule has 0 aliphatic heterocycles. The Labute approximate surface area is 257 Å².